The van der Waals surface area contributed by atoms with Crippen LogP contribution in [0.4, 0.5) is 5.69 Å². The van der Waals surface area contributed by atoms with E-state index in [0.29, 0.717) is 18.5 Å². The van der Waals surface area contributed by atoms with Gasteiger partial charge >= 0.3 is 5.97 Å². The van der Waals surface area contributed by atoms with Crippen molar-refractivity contribution in [1.29, 1.82) is 0 Å². The lowest BCUT2D eigenvalue weighted by Crippen LogP contribution is -2.22. The summed E-state index contributed by atoms with van der Waals surface area (Å²) in [6, 6.07) is 15.0. The van der Waals surface area contributed by atoms with E-state index in [-0.39, 0.29) is 11.8 Å². The van der Waals surface area contributed by atoms with E-state index in [1.54, 1.807) is 14.0 Å². The molecule has 2 atom stereocenters. The van der Waals surface area contributed by atoms with Gasteiger partial charge in [0.2, 0.25) is 5.91 Å². The van der Waals surface area contributed by atoms with Crippen molar-refractivity contribution in [2.24, 2.45) is 11.8 Å². The van der Waals surface area contributed by atoms with Gasteiger partial charge in [0.15, 0.2) is 0 Å². The van der Waals surface area contributed by atoms with Gasteiger partial charge in [0.25, 0.3) is 0 Å². The van der Waals surface area contributed by atoms with Crippen molar-refractivity contribution in [3.63, 3.8) is 0 Å². The first kappa shape index (κ1) is 19.5. The first-order valence-electron chi connectivity index (χ1n) is 8.64. The van der Waals surface area contributed by atoms with Crippen molar-refractivity contribution in [2.75, 3.05) is 12.4 Å². The summed E-state index contributed by atoms with van der Waals surface area (Å²) < 4.78 is 5.14. The smallest absolute Gasteiger partial charge is 0.306 e. The van der Waals surface area contributed by atoms with Crippen molar-refractivity contribution in [3.8, 4) is 5.75 Å². The maximum absolute atomic E-state index is 12.4. The molecule has 0 aliphatic rings. The minimum atomic E-state index is -0.810. The van der Waals surface area contributed by atoms with Gasteiger partial charge in [-0.3, -0.25) is 9.59 Å². The van der Waals surface area contributed by atoms with Gasteiger partial charge in [-0.05, 0) is 48.2 Å². The average molecular weight is 355 g/mol. The third-order valence-electron chi connectivity index (χ3n) is 4.33. The summed E-state index contributed by atoms with van der Waals surface area (Å²) in [6.07, 6.45) is 1.11. The summed E-state index contributed by atoms with van der Waals surface area (Å²) in [6.45, 7) is 3.57. The molecule has 0 saturated heterocycles. The second kappa shape index (κ2) is 9.04. The van der Waals surface area contributed by atoms with E-state index in [9.17, 15) is 9.59 Å². The Morgan fingerprint density at radius 2 is 1.42 bits per heavy atom. The number of amides is 1. The van der Waals surface area contributed by atoms with Crippen LogP contribution in [0.5, 0.6) is 5.75 Å². The standard InChI is InChI=1S/C21H25NO4/c1-14(12-17-6-10-19(26-3)11-7-17)20(23)22-18-8-4-16(5-9-18)13-15(2)21(24)25/h4-11,14-15H,12-13H2,1-3H3,(H,22,23)(H,24,25). The van der Waals surface area contributed by atoms with E-state index in [4.69, 9.17) is 9.84 Å². The lowest BCUT2D eigenvalue weighted by atomic mass is 9.99. The highest BCUT2D eigenvalue weighted by Crippen LogP contribution is 2.17. The van der Waals surface area contributed by atoms with Gasteiger partial charge in [-0.1, -0.05) is 38.1 Å². The van der Waals surface area contributed by atoms with Crippen molar-refractivity contribution in [2.45, 2.75) is 26.7 Å². The summed E-state index contributed by atoms with van der Waals surface area (Å²) in [7, 11) is 1.62. The Balaban J connectivity index is 1.90. The van der Waals surface area contributed by atoms with Crippen LogP contribution in [0.15, 0.2) is 48.5 Å². The molecular formula is C21H25NO4. The molecule has 5 nitrogen and oxygen atoms in total. The van der Waals surface area contributed by atoms with Gasteiger partial charge in [0.05, 0.1) is 13.0 Å². The van der Waals surface area contributed by atoms with E-state index in [0.717, 1.165) is 16.9 Å². The molecule has 2 aromatic carbocycles. The molecule has 1 amide bonds. The Bertz CT molecular complexity index is 738. The molecular weight excluding hydrogens is 330 g/mol. The van der Waals surface area contributed by atoms with E-state index in [2.05, 4.69) is 5.32 Å². The van der Waals surface area contributed by atoms with Gasteiger partial charge < -0.3 is 15.2 Å². The molecule has 2 unspecified atom stereocenters. The summed E-state index contributed by atoms with van der Waals surface area (Å²) >= 11 is 0. The fourth-order valence-electron chi connectivity index (χ4n) is 2.64. The van der Waals surface area contributed by atoms with Crippen molar-refractivity contribution < 1.29 is 19.4 Å². The molecule has 2 rings (SSSR count). The first-order valence-corrected chi connectivity index (χ1v) is 8.64. The summed E-state index contributed by atoms with van der Waals surface area (Å²) in [5.74, 6) is -0.666. The number of carboxylic acid groups (broad SMARTS) is 1. The highest BCUT2D eigenvalue weighted by Gasteiger charge is 2.15. The molecule has 0 saturated carbocycles. The topological polar surface area (TPSA) is 75.6 Å². The van der Waals surface area contributed by atoms with Crippen molar-refractivity contribution >= 4 is 17.6 Å². The van der Waals surface area contributed by atoms with Gasteiger partial charge in [-0.15, -0.1) is 0 Å². The van der Waals surface area contributed by atoms with Crippen LogP contribution in [0, 0.1) is 11.8 Å². The second-order valence-corrected chi connectivity index (χ2v) is 6.58. The molecule has 5 heteroatoms. The number of benzene rings is 2. The molecule has 0 bridgehead atoms. The fourth-order valence-corrected chi connectivity index (χ4v) is 2.64. The van der Waals surface area contributed by atoms with E-state index in [1.165, 1.54) is 0 Å². The third kappa shape index (κ3) is 5.62. The number of aliphatic carboxylic acids is 1. The van der Waals surface area contributed by atoms with E-state index >= 15 is 0 Å². The molecule has 2 N–H and O–H groups in total. The van der Waals surface area contributed by atoms with Crippen LogP contribution in [0.1, 0.15) is 25.0 Å². The average Bonchev–Trinajstić information content (AvgIpc) is 2.63. The lowest BCUT2D eigenvalue weighted by molar-refractivity contribution is -0.141. The number of carbonyl (C=O) groups is 2. The van der Waals surface area contributed by atoms with Gasteiger partial charge in [-0.25, -0.2) is 0 Å². The van der Waals surface area contributed by atoms with Crippen LogP contribution in [0.25, 0.3) is 0 Å². The number of carboxylic acids is 1. The number of methoxy groups -OCH3 is 1. The Hall–Kier alpha value is -2.82. The van der Waals surface area contributed by atoms with E-state index < -0.39 is 11.9 Å². The first-order chi connectivity index (χ1) is 12.4. The maximum Gasteiger partial charge on any atom is 0.306 e. The fraction of sp³-hybridized carbons (Fsp3) is 0.333. The molecule has 0 heterocycles. The predicted octanol–water partition coefficient (Wildman–Crippen LogP) is 3.78. The summed E-state index contributed by atoms with van der Waals surface area (Å²) in [5.41, 5.74) is 2.72. The summed E-state index contributed by atoms with van der Waals surface area (Å²) in [5, 5.41) is 11.9. The molecule has 0 aliphatic carbocycles. The quantitative estimate of drug-likeness (QED) is 0.756. The van der Waals surface area contributed by atoms with Crippen LogP contribution in [-0.2, 0) is 22.4 Å². The number of hydrogen-bond acceptors (Lipinski definition) is 3. The van der Waals surface area contributed by atoms with Crippen LogP contribution in [0.3, 0.4) is 0 Å². The van der Waals surface area contributed by atoms with Gasteiger partial charge in [0, 0.05) is 11.6 Å². The third-order valence-corrected chi connectivity index (χ3v) is 4.33. The monoisotopic (exact) mass is 355 g/mol. The predicted molar refractivity (Wildman–Crippen MR) is 101 cm³/mol. The molecule has 0 spiro atoms. The molecule has 0 fully saturated rings. The zero-order valence-electron chi connectivity index (χ0n) is 15.4. The maximum atomic E-state index is 12.4. The Kier molecular flexibility index (Phi) is 6.78. The highest BCUT2D eigenvalue weighted by atomic mass is 16.5. The molecule has 0 aliphatic heterocycles. The Labute approximate surface area is 154 Å². The number of hydrogen-bond donors (Lipinski definition) is 2. The highest BCUT2D eigenvalue weighted by molar-refractivity contribution is 5.92. The zero-order chi connectivity index (χ0) is 19.1. The number of ether oxygens (including phenoxy) is 1. The van der Waals surface area contributed by atoms with Crippen LogP contribution >= 0.6 is 0 Å². The van der Waals surface area contributed by atoms with Gasteiger partial charge in [-0.2, -0.15) is 0 Å². The normalized spacial score (nSPS) is 12.9. The largest absolute Gasteiger partial charge is 0.497 e. The van der Waals surface area contributed by atoms with E-state index in [1.807, 2.05) is 55.5 Å². The number of anilines is 1. The molecule has 0 radical (unpaired) electrons. The minimum absolute atomic E-state index is 0.0486. The van der Waals surface area contributed by atoms with Crippen molar-refractivity contribution in [3.05, 3.63) is 59.7 Å². The number of nitrogens with one attached hydrogen (secondary N) is 1. The number of rotatable bonds is 8. The van der Waals surface area contributed by atoms with Gasteiger partial charge in [0.1, 0.15) is 5.75 Å². The molecule has 138 valence electrons. The molecule has 0 aromatic heterocycles. The Morgan fingerprint density at radius 3 is 1.92 bits per heavy atom. The Morgan fingerprint density at radius 1 is 0.923 bits per heavy atom. The summed E-state index contributed by atoms with van der Waals surface area (Å²) in [4.78, 5) is 23.3. The zero-order valence-corrected chi connectivity index (χ0v) is 15.4. The minimum Gasteiger partial charge on any atom is -0.497 e. The van der Waals surface area contributed by atoms with Crippen LogP contribution in [-0.4, -0.2) is 24.1 Å². The van der Waals surface area contributed by atoms with Crippen molar-refractivity contribution in [1.82, 2.24) is 0 Å². The lowest BCUT2D eigenvalue weighted by Gasteiger charge is -2.13. The SMILES string of the molecule is COc1ccc(CC(C)C(=O)Nc2ccc(CC(C)C(=O)O)cc2)cc1. The number of carbonyl (C=O) groups excluding carboxylic acids is 1. The molecule has 26 heavy (non-hydrogen) atoms. The van der Waals surface area contributed by atoms with Crippen LogP contribution in [0.2, 0.25) is 0 Å². The van der Waals surface area contributed by atoms with Crippen LogP contribution < -0.4 is 10.1 Å². The second-order valence-electron chi connectivity index (χ2n) is 6.58. The molecule has 2 aromatic rings.